The fourth-order valence-corrected chi connectivity index (χ4v) is 6.35. The van der Waals surface area contributed by atoms with E-state index in [-0.39, 0.29) is 15.4 Å². The van der Waals surface area contributed by atoms with Gasteiger partial charge in [0.1, 0.15) is 0 Å². The topological polar surface area (TPSA) is 113 Å². The van der Waals surface area contributed by atoms with Crippen LogP contribution in [0.4, 0.5) is 5.69 Å². The third kappa shape index (κ3) is 5.61. The number of sulfonamides is 2. The molecular formula is C22H29N3O6S2. The van der Waals surface area contributed by atoms with Crippen LogP contribution in [0, 0.1) is 6.92 Å². The summed E-state index contributed by atoms with van der Waals surface area (Å²) >= 11 is 0. The van der Waals surface area contributed by atoms with Gasteiger partial charge in [-0.3, -0.25) is 9.63 Å². The molecule has 0 aromatic heterocycles. The number of carbonyl (C=O) groups excluding carboxylic acids is 1. The van der Waals surface area contributed by atoms with E-state index in [0.717, 1.165) is 30.2 Å². The Morgan fingerprint density at radius 1 is 0.970 bits per heavy atom. The molecule has 2 aromatic rings. The summed E-state index contributed by atoms with van der Waals surface area (Å²) in [6.45, 7) is 2.71. The van der Waals surface area contributed by atoms with Crippen molar-refractivity contribution in [1.82, 2.24) is 8.77 Å². The Morgan fingerprint density at radius 3 is 2.15 bits per heavy atom. The van der Waals surface area contributed by atoms with E-state index in [2.05, 4.69) is 5.32 Å². The molecule has 33 heavy (non-hydrogen) atoms. The van der Waals surface area contributed by atoms with Gasteiger partial charge >= 0.3 is 0 Å². The predicted octanol–water partition coefficient (Wildman–Crippen LogP) is 2.99. The quantitative estimate of drug-likeness (QED) is 0.591. The molecule has 0 saturated carbocycles. The Morgan fingerprint density at radius 2 is 1.58 bits per heavy atom. The predicted molar refractivity (Wildman–Crippen MR) is 125 cm³/mol. The van der Waals surface area contributed by atoms with Gasteiger partial charge < -0.3 is 5.32 Å². The first-order chi connectivity index (χ1) is 15.6. The fourth-order valence-electron chi connectivity index (χ4n) is 3.60. The van der Waals surface area contributed by atoms with Gasteiger partial charge in [-0.2, -0.15) is 4.31 Å². The number of hydrogen-bond donors (Lipinski definition) is 1. The smallest absolute Gasteiger partial charge is 0.264 e. The first-order valence-electron chi connectivity index (χ1n) is 10.6. The van der Waals surface area contributed by atoms with Crippen LogP contribution >= 0.6 is 0 Å². The van der Waals surface area contributed by atoms with Crippen molar-refractivity contribution in [2.24, 2.45) is 0 Å². The zero-order valence-corrected chi connectivity index (χ0v) is 20.6. The molecule has 1 saturated heterocycles. The molecule has 1 aliphatic heterocycles. The van der Waals surface area contributed by atoms with E-state index in [0.29, 0.717) is 24.3 Å². The van der Waals surface area contributed by atoms with Crippen LogP contribution in [0.1, 0.15) is 41.6 Å². The van der Waals surface area contributed by atoms with E-state index >= 15 is 0 Å². The van der Waals surface area contributed by atoms with Crippen molar-refractivity contribution in [1.29, 1.82) is 0 Å². The maximum atomic E-state index is 13.2. The van der Waals surface area contributed by atoms with Gasteiger partial charge in [-0.05, 0) is 61.7 Å². The van der Waals surface area contributed by atoms with Crippen molar-refractivity contribution < 1.29 is 26.5 Å². The van der Waals surface area contributed by atoms with Crippen LogP contribution in [0.2, 0.25) is 0 Å². The molecule has 3 rings (SSSR count). The van der Waals surface area contributed by atoms with Crippen LogP contribution in [-0.2, 0) is 24.9 Å². The lowest BCUT2D eigenvalue weighted by Gasteiger charge is -2.21. The minimum atomic E-state index is -3.82. The maximum absolute atomic E-state index is 13.2. The van der Waals surface area contributed by atoms with Gasteiger partial charge in [0.15, 0.2) is 0 Å². The lowest BCUT2D eigenvalue weighted by Crippen LogP contribution is -2.32. The number of nitrogens with one attached hydrogen (secondary N) is 1. The van der Waals surface area contributed by atoms with Crippen molar-refractivity contribution in [3.8, 4) is 0 Å². The molecule has 0 aliphatic carbocycles. The second kappa shape index (κ2) is 10.3. The van der Waals surface area contributed by atoms with Gasteiger partial charge in [-0.25, -0.2) is 16.8 Å². The fraction of sp³-hybridized carbons (Fsp3) is 0.409. The van der Waals surface area contributed by atoms with Gasteiger partial charge in [0.25, 0.3) is 15.9 Å². The highest BCUT2D eigenvalue weighted by molar-refractivity contribution is 7.89. The van der Waals surface area contributed by atoms with Crippen LogP contribution in [0.5, 0.6) is 0 Å². The first kappa shape index (κ1) is 25.3. The largest absolute Gasteiger partial charge is 0.322 e. The molecule has 0 unspecified atom stereocenters. The Labute approximate surface area is 195 Å². The number of benzene rings is 2. The Kier molecular flexibility index (Phi) is 7.91. The summed E-state index contributed by atoms with van der Waals surface area (Å²) in [6, 6.07) is 10.2. The average Bonchev–Trinajstić information content (AvgIpc) is 3.10. The van der Waals surface area contributed by atoms with Gasteiger partial charge in [0, 0.05) is 31.4 Å². The molecule has 1 aliphatic rings. The molecule has 0 atom stereocenters. The summed E-state index contributed by atoms with van der Waals surface area (Å²) in [6.07, 6.45) is 3.70. The molecule has 2 aromatic carbocycles. The highest BCUT2D eigenvalue weighted by Crippen LogP contribution is 2.26. The van der Waals surface area contributed by atoms with Crippen molar-refractivity contribution in [3.05, 3.63) is 53.6 Å². The van der Waals surface area contributed by atoms with Crippen molar-refractivity contribution >= 4 is 31.6 Å². The number of hydrogen-bond acceptors (Lipinski definition) is 6. The first-order valence-corrected chi connectivity index (χ1v) is 13.5. The monoisotopic (exact) mass is 495 g/mol. The van der Waals surface area contributed by atoms with Gasteiger partial charge in [-0.15, -0.1) is 0 Å². The lowest BCUT2D eigenvalue weighted by atomic mass is 10.2. The van der Waals surface area contributed by atoms with Gasteiger partial charge in [0.05, 0.1) is 16.9 Å². The second-order valence-electron chi connectivity index (χ2n) is 7.87. The van der Waals surface area contributed by atoms with E-state index in [1.807, 2.05) is 0 Å². The van der Waals surface area contributed by atoms with E-state index < -0.39 is 26.0 Å². The number of aryl methyl sites for hydroxylation is 1. The third-order valence-electron chi connectivity index (χ3n) is 5.64. The second-order valence-corrected chi connectivity index (χ2v) is 11.7. The summed E-state index contributed by atoms with van der Waals surface area (Å²) in [5.74, 6) is -0.485. The van der Waals surface area contributed by atoms with E-state index in [1.165, 1.54) is 48.8 Å². The van der Waals surface area contributed by atoms with E-state index in [9.17, 15) is 21.6 Å². The SMILES string of the molecule is CON(C)S(=O)(=O)c1ccc(C(=O)Nc2ccc(C)c(S(=O)(=O)N3CCCCCC3)c2)cc1. The van der Waals surface area contributed by atoms with Crippen molar-refractivity contribution in [2.45, 2.75) is 42.4 Å². The molecule has 1 N–H and O–H groups in total. The van der Waals surface area contributed by atoms with Crippen LogP contribution in [-0.4, -0.2) is 58.8 Å². The van der Waals surface area contributed by atoms with Crippen LogP contribution < -0.4 is 5.32 Å². The van der Waals surface area contributed by atoms with Crippen LogP contribution in [0.3, 0.4) is 0 Å². The van der Waals surface area contributed by atoms with E-state index in [1.54, 1.807) is 19.1 Å². The molecule has 1 heterocycles. The highest BCUT2D eigenvalue weighted by Gasteiger charge is 2.27. The minimum absolute atomic E-state index is 0.0236. The zero-order chi connectivity index (χ0) is 24.2. The third-order valence-corrected chi connectivity index (χ3v) is 9.37. The normalized spacial score (nSPS) is 15.9. The summed E-state index contributed by atoms with van der Waals surface area (Å²) in [7, 11) is -4.99. The average molecular weight is 496 g/mol. The molecule has 1 amide bonds. The Hall–Kier alpha value is -2.31. The van der Waals surface area contributed by atoms with E-state index in [4.69, 9.17) is 4.84 Å². The highest BCUT2D eigenvalue weighted by atomic mass is 32.2. The summed E-state index contributed by atoms with van der Waals surface area (Å²) in [4.78, 5) is 17.6. The van der Waals surface area contributed by atoms with Gasteiger partial charge in [0.2, 0.25) is 10.0 Å². The Balaban J connectivity index is 1.81. The number of rotatable bonds is 7. The minimum Gasteiger partial charge on any atom is -0.322 e. The maximum Gasteiger partial charge on any atom is 0.264 e. The molecular weight excluding hydrogens is 466 g/mol. The number of nitrogens with zero attached hydrogens (tertiary/aromatic N) is 2. The van der Waals surface area contributed by atoms with Gasteiger partial charge in [-0.1, -0.05) is 23.4 Å². The number of amides is 1. The molecule has 0 spiro atoms. The molecule has 9 nitrogen and oxygen atoms in total. The molecule has 0 bridgehead atoms. The summed E-state index contributed by atoms with van der Waals surface area (Å²) in [5, 5.41) is 2.70. The zero-order valence-electron chi connectivity index (χ0n) is 18.9. The standard InChI is InChI=1S/C22H29N3O6S2/c1-17-8-11-19(16-21(17)33(29,30)25-14-6-4-5-7-15-25)23-22(26)18-9-12-20(13-10-18)32(27,28)24(2)31-3/h8-13,16H,4-7,14-15H2,1-3H3,(H,23,26). The molecule has 1 fully saturated rings. The molecule has 0 radical (unpaired) electrons. The van der Waals surface area contributed by atoms with Crippen LogP contribution in [0.25, 0.3) is 0 Å². The Bertz CT molecular complexity index is 1200. The number of anilines is 1. The lowest BCUT2D eigenvalue weighted by molar-refractivity contribution is -0.0258. The molecule has 11 heteroatoms. The summed E-state index contributed by atoms with van der Waals surface area (Å²) < 4.78 is 53.3. The number of hydroxylamine groups is 1. The van der Waals surface area contributed by atoms with Crippen molar-refractivity contribution in [3.63, 3.8) is 0 Å². The van der Waals surface area contributed by atoms with Crippen molar-refractivity contribution in [2.75, 3.05) is 32.6 Å². The summed E-state index contributed by atoms with van der Waals surface area (Å²) in [5.41, 5.74) is 1.18. The number of carbonyl (C=O) groups is 1. The van der Waals surface area contributed by atoms with Crippen LogP contribution in [0.15, 0.2) is 52.3 Å². The molecule has 180 valence electrons.